The van der Waals surface area contributed by atoms with E-state index < -0.39 is 17.9 Å². The van der Waals surface area contributed by atoms with Gasteiger partial charge in [0.05, 0.1) is 28.4 Å². The SMILES string of the molecule is COC(=O)c1sc(C(C)(C)C)cc1NC(=O)NC(=O)c1c(Cl)cccc1Cl. The number of imide groups is 1. The molecule has 0 atom stereocenters. The summed E-state index contributed by atoms with van der Waals surface area (Å²) in [5, 5.41) is 4.90. The van der Waals surface area contributed by atoms with Crippen LogP contribution in [0.1, 0.15) is 45.7 Å². The molecule has 9 heteroatoms. The van der Waals surface area contributed by atoms with Crippen LogP contribution in [0.5, 0.6) is 0 Å². The molecule has 3 amide bonds. The van der Waals surface area contributed by atoms with Gasteiger partial charge < -0.3 is 10.1 Å². The second-order valence-electron chi connectivity index (χ2n) is 6.60. The first kappa shape index (κ1) is 21.2. The fourth-order valence-electron chi connectivity index (χ4n) is 2.13. The van der Waals surface area contributed by atoms with Crippen LogP contribution in [0.25, 0.3) is 0 Å². The molecular formula is C18H18Cl2N2O4S. The number of amides is 3. The van der Waals surface area contributed by atoms with Crippen LogP contribution < -0.4 is 10.6 Å². The molecule has 0 aliphatic rings. The number of benzene rings is 1. The van der Waals surface area contributed by atoms with Crippen LogP contribution in [0, 0.1) is 0 Å². The summed E-state index contributed by atoms with van der Waals surface area (Å²) in [6.45, 7) is 5.94. The van der Waals surface area contributed by atoms with Crippen molar-refractivity contribution in [3.63, 3.8) is 0 Å². The van der Waals surface area contributed by atoms with Crippen molar-refractivity contribution in [1.29, 1.82) is 0 Å². The Labute approximate surface area is 170 Å². The molecule has 1 aromatic heterocycles. The Hall–Kier alpha value is -2.09. The van der Waals surface area contributed by atoms with E-state index in [1.807, 2.05) is 20.8 Å². The van der Waals surface area contributed by atoms with Crippen molar-refractivity contribution in [1.82, 2.24) is 5.32 Å². The minimum absolute atomic E-state index is 0.00938. The lowest BCUT2D eigenvalue weighted by molar-refractivity contribution is 0.0607. The number of hydrogen-bond acceptors (Lipinski definition) is 5. The molecule has 2 N–H and O–H groups in total. The van der Waals surface area contributed by atoms with Gasteiger partial charge in [-0.2, -0.15) is 0 Å². The van der Waals surface area contributed by atoms with Crippen molar-refractivity contribution < 1.29 is 19.1 Å². The molecular weight excluding hydrogens is 411 g/mol. The zero-order valence-corrected chi connectivity index (χ0v) is 17.4. The third-order valence-electron chi connectivity index (χ3n) is 3.51. The predicted molar refractivity (Wildman–Crippen MR) is 107 cm³/mol. The molecule has 0 radical (unpaired) electrons. The van der Waals surface area contributed by atoms with Gasteiger partial charge in [0.15, 0.2) is 0 Å². The van der Waals surface area contributed by atoms with Gasteiger partial charge in [-0.05, 0) is 23.6 Å². The van der Waals surface area contributed by atoms with Crippen LogP contribution >= 0.6 is 34.5 Å². The monoisotopic (exact) mass is 428 g/mol. The van der Waals surface area contributed by atoms with Crippen molar-refractivity contribution in [2.45, 2.75) is 26.2 Å². The Balaban J connectivity index is 2.24. The van der Waals surface area contributed by atoms with Gasteiger partial charge in [-0.1, -0.05) is 50.0 Å². The average Bonchev–Trinajstić information content (AvgIpc) is 2.97. The number of ether oxygens (including phenoxy) is 1. The number of halogens is 2. The molecule has 0 unspecified atom stereocenters. The highest BCUT2D eigenvalue weighted by atomic mass is 35.5. The molecule has 2 rings (SSSR count). The number of carbonyl (C=O) groups is 3. The third kappa shape index (κ3) is 5.00. The first-order valence-electron chi connectivity index (χ1n) is 7.83. The topological polar surface area (TPSA) is 84.5 Å². The summed E-state index contributed by atoms with van der Waals surface area (Å²) in [4.78, 5) is 37.7. The van der Waals surface area contributed by atoms with Crippen molar-refractivity contribution in [3.05, 3.63) is 49.6 Å². The number of esters is 1. The number of nitrogens with one attached hydrogen (secondary N) is 2. The number of thiophene rings is 1. The summed E-state index contributed by atoms with van der Waals surface area (Å²) in [5.41, 5.74) is 0.0160. The number of carbonyl (C=O) groups excluding carboxylic acids is 3. The Morgan fingerprint density at radius 2 is 1.70 bits per heavy atom. The van der Waals surface area contributed by atoms with Crippen molar-refractivity contribution in [2.75, 3.05) is 12.4 Å². The highest BCUT2D eigenvalue weighted by Gasteiger charge is 2.25. The minimum Gasteiger partial charge on any atom is -0.465 e. The fraction of sp³-hybridized carbons (Fsp3) is 0.278. The zero-order valence-electron chi connectivity index (χ0n) is 15.1. The number of methoxy groups -OCH3 is 1. The minimum atomic E-state index is -0.820. The highest BCUT2D eigenvalue weighted by Crippen LogP contribution is 2.35. The van der Waals surface area contributed by atoms with E-state index >= 15 is 0 Å². The van der Waals surface area contributed by atoms with Crippen LogP contribution in [0.2, 0.25) is 10.0 Å². The second kappa shape index (κ2) is 8.29. The van der Waals surface area contributed by atoms with E-state index in [2.05, 4.69) is 10.6 Å². The molecule has 2 aromatic rings. The molecule has 0 fully saturated rings. The molecule has 0 aliphatic heterocycles. The number of urea groups is 1. The smallest absolute Gasteiger partial charge is 0.350 e. The van der Waals surface area contributed by atoms with Gasteiger partial charge >= 0.3 is 12.0 Å². The van der Waals surface area contributed by atoms with E-state index in [1.54, 1.807) is 12.1 Å². The number of hydrogen-bond donors (Lipinski definition) is 2. The Morgan fingerprint density at radius 1 is 1.11 bits per heavy atom. The predicted octanol–water partition coefficient (Wildman–Crippen LogP) is 5.10. The van der Waals surface area contributed by atoms with Crippen LogP contribution in [-0.4, -0.2) is 25.0 Å². The first-order valence-corrected chi connectivity index (χ1v) is 9.40. The van der Waals surface area contributed by atoms with Gasteiger partial charge in [0, 0.05) is 4.88 Å². The van der Waals surface area contributed by atoms with Gasteiger partial charge in [0.2, 0.25) is 0 Å². The summed E-state index contributed by atoms with van der Waals surface area (Å²) in [5.74, 6) is -1.33. The normalized spacial score (nSPS) is 11.0. The van der Waals surface area contributed by atoms with Crippen molar-refractivity contribution >= 4 is 58.1 Å². The summed E-state index contributed by atoms with van der Waals surface area (Å²) in [6, 6.07) is 5.43. The van der Waals surface area contributed by atoms with Crippen LogP contribution in [0.15, 0.2) is 24.3 Å². The Kier molecular flexibility index (Phi) is 6.51. The van der Waals surface area contributed by atoms with Gasteiger partial charge in [-0.3, -0.25) is 10.1 Å². The van der Waals surface area contributed by atoms with Crippen LogP contribution in [-0.2, 0) is 10.2 Å². The lowest BCUT2D eigenvalue weighted by Gasteiger charge is -2.15. The maximum atomic E-state index is 12.3. The molecule has 6 nitrogen and oxygen atoms in total. The quantitative estimate of drug-likeness (QED) is 0.665. The standard InChI is InChI=1S/C18H18Cl2N2O4S/c1-18(2,3)12-8-11(14(27-12)16(24)26-4)21-17(25)22-15(23)13-9(19)6-5-7-10(13)20/h5-8H,1-4H3,(H2,21,22,23,25). The van der Waals surface area contributed by atoms with E-state index in [1.165, 1.54) is 30.6 Å². The van der Waals surface area contributed by atoms with Crippen LogP contribution in [0.3, 0.4) is 0 Å². The van der Waals surface area contributed by atoms with Gasteiger partial charge in [0.1, 0.15) is 4.88 Å². The highest BCUT2D eigenvalue weighted by molar-refractivity contribution is 7.14. The molecule has 0 saturated heterocycles. The van der Waals surface area contributed by atoms with E-state index in [4.69, 9.17) is 27.9 Å². The maximum Gasteiger partial charge on any atom is 0.350 e. The molecule has 1 aromatic carbocycles. The van der Waals surface area contributed by atoms with E-state index in [-0.39, 0.29) is 31.6 Å². The lowest BCUT2D eigenvalue weighted by atomic mass is 9.94. The lowest BCUT2D eigenvalue weighted by Crippen LogP contribution is -2.35. The van der Waals surface area contributed by atoms with E-state index in [0.29, 0.717) is 0 Å². The zero-order chi connectivity index (χ0) is 20.4. The molecule has 0 bridgehead atoms. The van der Waals surface area contributed by atoms with Crippen molar-refractivity contribution in [3.8, 4) is 0 Å². The molecule has 0 spiro atoms. The second-order valence-corrected chi connectivity index (χ2v) is 8.47. The van der Waals surface area contributed by atoms with Gasteiger partial charge in [-0.15, -0.1) is 11.3 Å². The van der Waals surface area contributed by atoms with Crippen LogP contribution in [0.4, 0.5) is 10.5 Å². The Morgan fingerprint density at radius 3 is 2.22 bits per heavy atom. The molecule has 0 aliphatic carbocycles. The Bertz CT molecular complexity index is 883. The van der Waals surface area contributed by atoms with E-state index in [9.17, 15) is 14.4 Å². The summed E-state index contributed by atoms with van der Waals surface area (Å²) in [7, 11) is 1.26. The summed E-state index contributed by atoms with van der Waals surface area (Å²) in [6.07, 6.45) is 0. The molecule has 27 heavy (non-hydrogen) atoms. The van der Waals surface area contributed by atoms with E-state index in [0.717, 1.165) is 4.88 Å². The molecule has 0 saturated carbocycles. The summed E-state index contributed by atoms with van der Waals surface area (Å²) < 4.78 is 4.76. The third-order valence-corrected chi connectivity index (χ3v) is 5.68. The first-order chi connectivity index (χ1) is 12.5. The fourth-order valence-corrected chi connectivity index (χ4v) is 3.79. The number of rotatable bonds is 3. The average molecular weight is 429 g/mol. The number of anilines is 1. The maximum absolute atomic E-state index is 12.3. The van der Waals surface area contributed by atoms with Crippen molar-refractivity contribution in [2.24, 2.45) is 0 Å². The van der Waals surface area contributed by atoms with Gasteiger partial charge in [-0.25, -0.2) is 9.59 Å². The summed E-state index contributed by atoms with van der Waals surface area (Å²) >= 11 is 13.2. The van der Waals surface area contributed by atoms with Gasteiger partial charge in [0.25, 0.3) is 5.91 Å². The molecule has 1 heterocycles. The largest absolute Gasteiger partial charge is 0.465 e. The molecule has 144 valence electrons.